The predicted molar refractivity (Wildman–Crippen MR) is 33.4 cm³/mol. The second-order valence-electron chi connectivity index (χ2n) is 1.81. The summed E-state index contributed by atoms with van der Waals surface area (Å²) >= 11 is 5.63. The Kier molecular flexibility index (Phi) is 3.39. The number of rotatable bonds is 2. The quantitative estimate of drug-likeness (QED) is 0.505. The maximum Gasteiger partial charge on any atom is 0.0194 e. The van der Waals surface area contributed by atoms with Crippen LogP contribution in [0.15, 0.2) is 0 Å². The third-order valence-corrected chi connectivity index (χ3v) is 1.49. The summed E-state index contributed by atoms with van der Waals surface area (Å²) in [5.41, 5.74) is 0. The molecule has 0 aromatic heterocycles. The van der Waals surface area contributed by atoms with Crippen molar-refractivity contribution < 1.29 is 0 Å². The van der Waals surface area contributed by atoms with Gasteiger partial charge in [0, 0.05) is 12.6 Å². The van der Waals surface area contributed by atoms with Gasteiger partial charge in [-0.1, -0.05) is 6.92 Å². The van der Waals surface area contributed by atoms with Gasteiger partial charge >= 0.3 is 0 Å². The molecule has 0 saturated carbocycles. The zero-order valence-corrected chi connectivity index (χ0v) is 5.87. The molecular formula is C5H12ClN. The molecule has 0 bridgehead atoms. The van der Waals surface area contributed by atoms with Gasteiger partial charge in [0.05, 0.1) is 0 Å². The maximum atomic E-state index is 5.63. The first kappa shape index (κ1) is 7.25. The molecule has 0 aromatic carbocycles. The number of hydrogen-bond acceptors (Lipinski definition) is 1. The fourth-order valence-corrected chi connectivity index (χ4v) is 0.365. The van der Waals surface area contributed by atoms with Crippen molar-refractivity contribution in [3.63, 3.8) is 0 Å². The van der Waals surface area contributed by atoms with E-state index in [4.69, 9.17) is 11.8 Å². The van der Waals surface area contributed by atoms with Crippen molar-refractivity contribution in [3.8, 4) is 0 Å². The van der Waals surface area contributed by atoms with Crippen LogP contribution in [0, 0.1) is 0 Å². The minimum atomic E-state index is 0.465. The molecule has 0 radical (unpaired) electrons. The predicted octanol–water partition coefficient (Wildman–Crippen LogP) is 1.87. The van der Waals surface area contributed by atoms with Crippen LogP contribution in [-0.4, -0.2) is 17.0 Å². The Hall–Kier alpha value is 0.250. The van der Waals surface area contributed by atoms with Crippen molar-refractivity contribution in [2.75, 3.05) is 6.54 Å². The van der Waals surface area contributed by atoms with Crippen molar-refractivity contribution in [1.82, 2.24) is 4.42 Å². The number of nitrogens with zero attached hydrogens (tertiary/aromatic N) is 1. The molecule has 44 valence electrons. The van der Waals surface area contributed by atoms with E-state index in [1.807, 2.05) is 6.92 Å². The summed E-state index contributed by atoms with van der Waals surface area (Å²) in [4.78, 5) is 0. The molecule has 0 atom stereocenters. The summed E-state index contributed by atoms with van der Waals surface area (Å²) in [6.07, 6.45) is 0. The third kappa shape index (κ3) is 2.89. The van der Waals surface area contributed by atoms with Gasteiger partial charge in [-0.2, -0.15) is 0 Å². The van der Waals surface area contributed by atoms with Crippen LogP contribution in [0.4, 0.5) is 0 Å². The van der Waals surface area contributed by atoms with Gasteiger partial charge in [-0.15, -0.1) is 0 Å². The summed E-state index contributed by atoms with van der Waals surface area (Å²) in [7, 11) is 0. The molecule has 0 spiro atoms. The van der Waals surface area contributed by atoms with Crippen LogP contribution >= 0.6 is 11.8 Å². The zero-order valence-electron chi connectivity index (χ0n) is 5.11. The van der Waals surface area contributed by atoms with Gasteiger partial charge in [0.15, 0.2) is 0 Å². The molecule has 0 unspecified atom stereocenters. The summed E-state index contributed by atoms with van der Waals surface area (Å²) in [6.45, 7) is 7.08. The highest BCUT2D eigenvalue weighted by Crippen LogP contribution is 1.98. The summed E-state index contributed by atoms with van der Waals surface area (Å²) in [6, 6.07) is 0.465. The summed E-state index contributed by atoms with van der Waals surface area (Å²) in [5, 5.41) is 0. The first-order valence-electron chi connectivity index (χ1n) is 2.61. The largest absolute Gasteiger partial charge is 0.218 e. The molecule has 0 amide bonds. The Morgan fingerprint density at radius 1 is 1.57 bits per heavy atom. The monoisotopic (exact) mass is 121 g/mol. The van der Waals surface area contributed by atoms with Crippen LogP contribution in [0.25, 0.3) is 0 Å². The van der Waals surface area contributed by atoms with Crippen LogP contribution in [0.1, 0.15) is 20.8 Å². The van der Waals surface area contributed by atoms with E-state index >= 15 is 0 Å². The minimum Gasteiger partial charge on any atom is -0.218 e. The van der Waals surface area contributed by atoms with Gasteiger partial charge in [0.25, 0.3) is 0 Å². The number of hydrogen-bond donors (Lipinski definition) is 0. The molecule has 7 heavy (non-hydrogen) atoms. The van der Waals surface area contributed by atoms with Crippen LogP contribution in [0.5, 0.6) is 0 Å². The topological polar surface area (TPSA) is 3.24 Å². The molecule has 0 N–H and O–H groups in total. The summed E-state index contributed by atoms with van der Waals surface area (Å²) in [5.74, 6) is 0. The molecular weight excluding hydrogens is 110 g/mol. The molecule has 2 heteroatoms. The molecule has 0 aromatic rings. The van der Waals surface area contributed by atoms with Gasteiger partial charge in [0.1, 0.15) is 0 Å². The first-order chi connectivity index (χ1) is 3.18. The molecule has 0 aliphatic carbocycles. The lowest BCUT2D eigenvalue weighted by atomic mass is 10.4. The minimum absolute atomic E-state index is 0.465. The molecule has 0 fully saturated rings. The van der Waals surface area contributed by atoms with Crippen molar-refractivity contribution in [3.05, 3.63) is 0 Å². The first-order valence-corrected chi connectivity index (χ1v) is 2.94. The van der Waals surface area contributed by atoms with Crippen molar-refractivity contribution >= 4 is 11.8 Å². The lowest BCUT2D eigenvalue weighted by Gasteiger charge is -2.13. The lowest BCUT2D eigenvalue weighted by Crippen LogP contribution is -2.19. The van der Waals surface area contributed by atoms with Gasteiger partial charge in [0.2, 0.25) is 0 Å². The average molecular weight is 122 g/mol. The Bertz CT molecular complexity index is 45.3. The van der Waals surface area contributed by atoms with Gasteiger partial charge < -0.3 is 0 Å². The average Bonchev–Trinajstić information content (AvgIpc) is 1.65. The van der Waals surface area contributed by atoms with Crippen molar-refractivity contribution in [1.29, 1.82) is 0 Å². The second-order valence-corrected chi connectivity index (χ2v) is 2.24. The summed E-state index contributed by atoms with van der Waals surface area (Å²) < 4.78 is 1.76. The van der Waals surface area contributed by atoms with E-state index in [-0.39, 0.29) is 0 Å². The van der Waals surface area contributed by atoms with E-state index in [0.717, 1.165) is 6.54 Å². The molecule has 0 aliphatic heterocycles. The van der Waals surface area contributed by atoms with E-state index in [1.165, 1.54) is 0 Å². The second kappa shape index (κ2) is 3.28. The van der Waals surface area contributed by atoms with Crippen LogP contribution in [0.3, 0.4) is 0 Å². The van der Waals surface area contributed by atoms with Gasteiger partial charge in [-0.3, -0.25) is 0 Å². The van der Waals surface area contributed by atoms with Crippen molar-refractivity contribution in [2.45, 2.75) is 26.8 Å². The molecule has 1 nitrogen and oxygen atoms in total. The Morgan fingerprint density at radius 3 is 2.00 bits per heavy atom. The Labute approximate surface area is 50.4 Å². The van der Waals surface area contributed by atoms with E-state index in [0.29, 0.717) is 6.04 Å². The number of halogens is 1. The van der Waals surface area contributed by atoms with E-state index < -0.39 is 0 Å². The fourth-order valence-electron chi connectivity index (χ4n) is 0.365. The van der Waals surface area contributed by atoms with E-state index in [1.54, 1.807) is 4.42 Å². The molecule has 0 aliphatic rings. The molecule has 0 heterocycles. The van der Waals surface area contributed by atoms with Gasteiger partial charge in [-0.05, 0) is 25.6 Å². The highest BCUT2D eigenvalue weighted by Gasteiger charge is 1.98. The Balaban J connectivity index is 3.14. The standard InChI is InChI=1S/C5H12ClN/c1-4-7(6)5(2)3/h5H,4H2,1-3H3. The smallest absolute Gasteiger partial charge is 0.0194 e. The Morgan fingerprint density at radius 2 is 2.00 bits per heavy atom. The SMILES string of the molecule is CCN(Cl)C(C)C. The zero-order chi connectivity index (χ0) is 5.86. The van der Waals surface area contributed by atoms with Crippen LogP contribution in [0.2, 0.25) is 0 Å². The van der Waals surface area contributed by atoms with E-state index in [2.05, 4.69) is 13.8 Å². The van der Waals surface area contributed by atoms with Crippen LogP contribution < -0.4 is 0 Å². The maximum absolute atomic E-state index is 5.63. The van der Waals surface area contributed by atoms with E-state index in [9.17, 15) is 0 Å². The van der Waals surface area contributed by atoms with Crippen molar-refractivity contribution in [2.24, 2.45) is 0 Å². The fraction of sp³-hybridized carbons (Fsp3) is 1.00. The normalized spacial score (nSPS) is 11.1. The van der Waals surface area contributed by atoms with Crippen LogP contribution in [-0.2, 0) is 0 Å². The highest BCUT2D eigenvalue weighted by molar-refractivity contribution is 6.13. The molecule has 0 saturated heterocycles. The lowest BCUT2D eigenvalue weighted by molar-refractivity contribution is 0.400. The highest BCUT2D eigenvalue weighted by atomic mass is 35.5. The van der Waals surface area contributed by atoms with Gasteiger partial charge in [-0.25, -0.2) is 4.42 Å². The molecule has 0 rings (SSSR count). The third-order valence-electron chi connectivity index (χ3n) is 0.862.